The fourth-order valence-electron chi connectivity index (χ4n) is 6.85. The van der Waals surface area contributed by atoms with Gasteiger partial charge in [-0.05, 0) is 96.3 Å². The van der Waals surface area contributed by atoms with Crippen molar-refractivity contribution in [2.45, 2.75) is 213 Å². The second-order valence-corrected chi connectivity index (χ2v) is 17.6. The van der Waals surface area contributed by atoms with Crippen molar-refractivity contribution in [3.8, 4) is 0 Å². The third-order valence-electron chi connectivity index (χ3n) is 11.0. The first kappa shape index (κ1) is 65.0. The van der Waals surface area contributed by atoms with Crippen LogP contribution in [0.15, 0.2) is 158 Å². The molecule has 1 atom stereocenters. The van der Waals surface area contributed by atoms with Crippen LogP contribution in [0.2, 0.25) is 0 Å². The van der Waals surface area contributed by atoms with Crippen LogP contribution in [0, 0.1) is 0 Å². The molecule has 0 aliphatic heterocycles. The normalized spacial score (nSPS) is 13.4. The van der Waals surface area contributed by atoms with Crippen LogP contribution in [-0.4, -0.2) is 37.2 Å². The highest BCUT2D eigenvalue weighted by atomic mass is 16.6. The zero-order valence-corrected chi connectivity index (χ0v) is 44.5. The van der Waals surface area contributed by atoms with Crippen molar-refractivity contribution < 1.29 is 28.6 Å². The van der Waals surface area contributed by atoms with E-state index in [1.54, 1.807) is 0 Å². The molecule has 0 aromatic heterocycles. The van der Waals surface area contributed by atoms with Crippen molar-refractivity contribution in [3.05, 3.63) is 158 Å². The molecule has 0 spiro atoms. The first-order valence-corrected chi connectivity index (χ1v) is 27.6. The van der Waals surface area contributed by atoms with Gasteiger partial charge in [0.25, 0.3) is 0 Å². The van der Waals surface area contributed by atoms with Crippen LogP contribution in [0.1, 0.15) is 207 Å². The summed E-state index contributed by atoms with van der Waals surface area (Å²) in [5.41, 5.74) is 0. The molecular formula is C64H98O6. The van der Waals surface area contributed by atoms with Gasteiger partial charge in [-0.1, -0.05) is 249 Å². The molecule has 0 N–H and O–H groups in total. The first-order chi connectivity index (χ1) is 34.5. The minimum Gasteiger partial charge on any atom is -0.462 e. The van der Waals surface area contributed by atoms with E-state index in [-0.39, 0.29) is 44.0 Å². The van der Waals surface area contributed by atoms with Crippen molar-refractivity contribution in [1.29, 1.82) is 0 Å². The molecule has 0 saturated heterocycles. The predicted molar refractivity (Wildman–Crippen MR) is 302 cm³/mol. The summed E-state index contributed by atoms with van der Waals surface area (Å²) in [6.07, 6.45) is 82.2. The Labute approximate surface area is 429 Å². The quantitative estimate of drug-likeness (QED) is 0.0199. The van der Waals surface area contributed by atoms with E-state index in [1.165, 1.54) is 64.2 Å². The zero-order valence-electron chi connectivity index (χ0n) is 44.5. The van der Waals surface area contributed by atoms with Gasteiger partial charge in [0, 0.05) is 19.3 Å². The van der Waals surface area contributed by atoms with E-state index in [1.807, 2.05) is 60.8 Å². The first-order valence-electron chi connectivity index (χ1n) is 27.6. The summed E-state index contributed by atoms with van der Waals surface area (Å²) in [4.78, 5) is 38.1. The summed E-state index contributed by atoms with van der Waals surface area (Å²) in [6.45, 7) is 6.32. The summed E-state index contributed by atoms with van der Waals surface area (Å²) >= 11 is 0. The summed E-state index contributed by atoms with van der Waals surface area (Å²) in [7, 11) is 0. The van der Waals surface area contributed by atoms with Crippen LogP contribution in [0.5, 0.6) is 0 Å². The number of unbranched alkanes of at least 4 members (excludes halogenated alkanes) is 18. The highest BCUT2D eigenvalue weighted by Gasteiger charge is 2.19. The Kier molecular flexibility index (Phi) is 52.6. The number of esters is 3. The van der Waals surface area contributed by atoms with Crippen LogP contribution in [0.3, 0.4) is 0 Å². The van der Waals surface area contributed by atoms with Gasteiger partial charge in [-0.25, -0.2) is 0 Å². The number of carbonyl (C=O) groups excluding carboxylic acids is 3. The lowest BCUT2D eigenvalue weighted by molar-refractivity contribution is -0.167. The molecular weight excluding hydrogens is 865 g/mol. The topological polar surface area (TPSA) is 78.9 Å². The highest BCUT2D eigenvalue weighted by Crippen LogP contribution is 2.12. The molecule has 6 heteroatoms. The number of allylic oxidation sites excluding steroid dienone is 26. The van der Waals surface area contributed by atoms with Crippen LogP contribution in [0.25, 0.3) is 0 Å². The van der Waals surface area contributed by atoms with E-state index < -0.39 is 6.10 Å². The third-order valence-corrected chi connectivity index (χ3v) is 11.0. The average molecular weight is 963 g/mol. The fourth-order valence-corrected chi connectivity index (χ4v) is 6.85. The molecule has 0 radical (unpaired) electrons. The maximum Gasteiger partial charge on any atom is 0.306 e. The Morgan fingerprint density at radius 1 is 0.314 bits per heavy atom. The van der Waals surface area contributed by atoms with Crippen molar-refractivity contribution in [1.82, 2.24) is 0 Å². The number of rotatable bonds is 47. The average Bonchev–Trinajstić information content (AvgIpc) is 3.36. The Balaban J connectivity index is 4.65. The number of carbonyl (C=O) groups is 3. The summed E-state index contributed by atoms with van der Waals surface area (Å²) < 4.78 is 16.7. The van der Waals surface area contributed by atoms with E-state index in [0.29, 0.717) is 19.3 Å². The molecule has 0 aromatic carbocycles. The van der Waals surface area contributed by atoms with Gasteiger partial charge in [-0.3, -0.25) is 14.4 Å². The molecule has 0 fully saturated rings. The smallest absolute Gasteiger partial charge is 0.306 e. The van der Waals surface area contributed by atoms with Gasteiger partial charge in [0.15, 0.2) is 6.10 Å². The van der Waals surface area contributed by atoms with E-state index in [9.17, 15) is 14.4 Å². The number of hydrogen-bond donors (Lipinski definition) is 0. The molecule has 0 aromatic rings. The lowest BCUT2D eigenvalue weighted by atomic mass is 10.1. The SMILES string of the molecule is CC\C=C/C=C\C=C/C=C\C=C\C=C/CCCCCC(=O)OC(COC(=O)CCC/C=C\C/C=C\C/C=C\CCCCCCCC)COC(=O)CCCCCCC\C=C/C=C\C=C/C=C\CCCCC. The third kappa shape index (κ3) is 54.0. The molecule has 390 valence electrons. The molecule has 0 heterocycles. The largest absolute Gasteiger partial charge is 0.462 e. The molecule has 0 aliphatic carbocycles. The summed E-state index contributed by atoms with van der Waals surface area (Å²) in [6, 6.07) is 0. The molecule has 70 heavy (non-hydrogen) atoms. The van der Waals surface area contributed by atoms with E-state index >= 15 is 0 Å². The molecule has 0 bridgehead atoms. The Morgan fingerprint density at radius 2 is 0.629 bits per heavy atom. The maximum absolute atomic E-state index is 12.8. The van der Waals surface area contributed by atoms with Crippen molar-refractivity contribution in [3.63, 3.8) is 0 Å². The summed E-state index contributed by atoms with van der Waals surface area (Å²) in [5.74, 6) is -1.06. The lowest BCUT2D eigenvalue weighted by Crippen LogP contribution is -2.30. The van der Waals surface area contributed by atoms with Gasteiger partial charge in [0.2, 0.25) is 0 Å². The minimum atomic E-state index is -0.841. The van der Waals surface area contributed by atoms with Gasteiger partial charge in [0.05, 0.1) is 0 Å². The van der Waals surface area contributed by atoms with E-state index in [0.717, 1.165) is 89.9 Å². The summed E-state index contributed by atoms with van der Waals surface area (Å²) in [5, 5.41) is 0. The van der Waals surface area contributed by atoms with Crippen LogP contribution >= 0.6 is 0 Å². The maximum atomic E-state index is 12.8. The zero-order chi connectivity index (χ0) is 50.7. The number of ether oxygens (including phenoxy) is 3. The van der Waals surface area contributed by atoms with Crippen LogP contribution in [-0.2, 0) is 28.6 Å². The molecule has 0 saturated carbocycles. The van der Waals surface area contributed by atoms with Crippen LogP contribution < -0.4 is 0 Å². The van der Waals surface area contributed by atoms with Crippen LogP contribution in [0.4, 0.5) is 0 Å². The van der Waals surface area contributed by atoms with Gasteiger partial charge in [0.1, 0.15) is 13.2 Å². The van der Waals surface area contributed by atoms with E-state index in [2.05, 4.69) is 118 Å². The standard InChI is InChI=1S/C64H98O6/c1-4-7-10-13-16-19-22-25-28-31-34-36-39-42-45-48-51-54-57-63(66)69-60-61(70-64(67)58-55-52-49-46-43-40-37-33-30-27-24-21-18-15-12-9-6-3)59-68-62(65)56-53-50-47-44-41-38-35-32-29-26-23-20-17-14-11-8-5-2/h9,12,15-16,18-19,21-22,24-31,33-38,40,43-44,47,61H,4-8,10-11,13-14,17,20,23,32,39,41-42,45-46,48-60H2,1-3H3/b12-9-,18-15-,19-16-,24-21-,25-22-,29-26-,30-27-,31-28-,36-34-,37-33+,38-35-,43-40-,47-44-. The molecule has 0 amide bonds. The molecule has 0 aliphatic rings. The van der Waals surface area contributed by atoms with Gasteiger partial charge < -0.3 is 14.2 Å². The minimum absolute atomic E-state index is 0.132. The molecule has 6 nitrogen and oxygen atoms in total. The fraction of sp³-hybridized carbons (Fsp3) is 0.547. The van der Waals surface area contributed by atoms with Crippen molar-refractivity contribution >= 4 is 17.9 Å². The van der Waals surface area contributed by atoms with Gasteiger partial charge >= 0.3 is 17.9 Å². The Morgan fingerprint density at radius 3 is 1.10 bits per heavy atom. The lowest BCUT2D eigenvalue weighted by Gasteiger charge is -2.18. The number of hydrogen-bond acceptors (Lipinski definition) is 6. The molecule has 1 unspecified atom stereocenters. The Hall–Kier alpha value is -4.97. The second kappa shape index (κ2) is 56.6. The van der Waals surface area contributed by atoms with Crippen molar-refractivity contribution in [2.24, 2.45) is 0 Å². The Bertz CT molecular complexity index is 1620. The molecule has 0 rings (SSSR count). The van der Waals surface area contributed by atoms with Gasteiger partial charge in [-0.15, -0.1) is 0 Å². The predicted octanol–water partition coefficient (Wildman–Crippen LogP) is 18.6. The van der Waals surface area contributed by atoms with Crippen molar-refractivity contribution in [2.75, 3.05) is 13.2 Å². The van der Waals surface area contributed by atoms with Gasteiger partial charge in [-0.2, -0.15) is 0 Å². The highest BCUT2D eigenvalue weighted by molar-refractivity contribution is 5.71. The monoisotopic (exact) mass is 963 g/mol. The van der Waals surface area contributed by atoms with E-state index in [4.69, 9.17) is 14.2 Å². The second-order valence-electron chi connectivity index (χ2n) is 17.6.